The maximum atomic E-state index is 9.50. The SMILES string of the molecule is Oc1ccc2c(c1)CCc1ccccc1C#C2. The fourth-order valence-corrected chi connectivity index (χ4v) is 2.17. The van der Waals surface area contributed by atoms with Crippen LogP contribution in [0.1, 0.15) is 22.3 Å². The van der Waals surface area contributed by atoms with Gasteiger partial charge in [-0.05, 0) is 48.2 Å². The molecule has 0 unspecified atom stereocenters. The first-order chi connectivity index (χ1) is 8.33. The van der Waals surface area contributed by atoms with Gasteiger partial charge in [-0.1, -0.05) is 30.0 Å². The van der Waals surface area contributed by atoms with Crippen molar-refractivity contribution in [1.82, 2.24) is 0 Å². The smallest absolute Gasteiger partial charge is 0.115 e. The maximum absolute atomic E-state index is 9.50. The van der Waals surface area contributed by atoms with E-state index in [2.05, 4.69) is 24.0 Å². The second kappa shape index (κ2) is 3.99. The van der Waals surface area contributed by atoms with Crippen molar-refractivity contribution in [3.63, 3.8) is 0 Å². The standard InChI is InChI=1S/C16H12O/c17-16-10-9-14-6-5-12-3-1-2-4-13(12)7-8-15(14)11-16/h1-4,9-11,17H,7-8H2. The Bertz CT molecular complexity index is 629. The van der Waals surface area contributed by atoms with Crippen LogP contribution in [0.15, 0.2) is 42.5 Å². The number of aryl methyl sites for hydroxylation is 2. The summed E-state index contributed by atoms with van der Waals surface area (Å²) >= 11 is 0. The molecule has 1 nitrogen and oxygen atoms in total. The van der Waals surface area contributed by atoms with Gasteiger partial charge in [0, 0.05) is 11.1 Å². The first-order valence-corrected chi connectivity index (χ1v) is 5.75. The fourth-order valence-electron chi connectivity index (χ4n) is 2.17. The zero-order chi connectivity index (χ0) is 11.7. The van der Waals surface area contributed by atoms with Crippen LogP contribution in [-0.2, 0) is 12.8 Å². The molecule has 0 aliphatic heterocycles. The summed E-state index contributed by atoms with van der Waals surface area (Å²) < 4.78 is 0. The number of hydrogen-bond acceptors (Lipinski definition) is 1. The van der Waals surface area contributed by atoms with Gasteiger partial charge in [0.1, 0.15) is 5.75 Å². The van der Waals surface area contributed by atoms with Crippen molar-refractivity contribution in [2.75, 3.05) is 0 Å². The molecular formula is C16H12O. The first kappa shape index (κ1) is 9.99. The van der Waals surface area contributed by atoms with Gasteiger partial charge in [-0.15, -0.1) is 0 Å². The van der Waals surface area contributed by atoms with E-state index in [0.29, 0.717) is 5.75 Å². The number of rotatable bonds is 0. The van der Waals surface area contributed by atoms with Gasteiger partial charge in [-0.25, -0.2) is 0 Å². The summed E-state index contributed by atoms with van der Waals surface area (Å²) in [6, 6.07) is 13.7. The zero-order valence-corrected chi connectivity index (χ0v) is 9.40. The average Bonchev–Trinajstić information content (AvgIpc) is 2.33. The van der Waals surface area contributed by atoms with E-state index >= 15 is 0 Å². The lowest BCUT2D eigenvalue weighted by atomic mass is 9.94. The first-order valence-electron chi connectivity index (χ1n) is 5.75. The molecule has 1 aliphatic rings. The molecule has 1 aliphatic carbocycles. The highest BCUT2D eigenvalue weighted by atomic mass is 16.3. The predicted octanol–water partition coefficient (Wildman–Crippen LogP) is 2.89. The Labute approximate surface area is 101 Å². The third kappa shape index (κ3) is 1.90. The summed E-state index contributed by atoms with van der Waals surface area (Å²) in [5.41, 5.74) is 4.56. The molecule has 2 aromatic carbocycles. The second-order valence-electron chi connectivity index (χ2n) is 4.25. The highest BCUT2D eigenvalue weighted by Crippen LogP contribution is 2.21. The fraction of sp³-hybridized carbons (Fsp3) is 0.125. The molecule has 0 amide bonds. The maximum Gasteiger partial charge on any atom is 0.115 e. The van der Waals surface area contributed by atoms with Crippen molar-refractivity contribution >= 4 is 0 Å². The van der Waals surface area contributed by atoms with Crippen molar-refractivity contribution in [3.8, 4) is 17.6 Å². The van der Waals surface area contributed by atoms with Crippen molar-refractivity contribution in [2.24, 2.45) is 0 Å². The number of aromatic hydroxyl groups is 1. The summed E-state index contributed by atoms with van der Waals surface area (Å²) in [5, 5.41) is 9.50. The van der Waals surface area contributed by atoms with Crippen LogP contribution in [0.4, 0.5) is 0 Å². The molecule has 0 radical (unpaired) electrons. The summed E-state index contributed by atoms with van der Waals surface area (Å²) in [6.07, 6.45) is 1.90. The molecule has 0 bridgehead atoms. The van der Waals surface area contributed by atoms with Gasteiger partial charge in [-0.3, -0.25) is 0 Å². The molecule has 82 valence electrons. The minimum absolute atomic E-state index is 0.319. The van der Waals surface area contributed by atoms with Crippen LogP contribution in [0.5, 0.6) is 5.75 Å². The molecule has 0 saturated heterocycles. The van der Waals surface area contributed by atoms with Crippen molar-refractivity contribution in [2.45, 2.75) is 12.8 Å². The number of hydrogen-bond donors (Lipinski definition) is 1. The minimum atomic E-state index is 0.319. The lowest BCUT2D eigenvalue weighted by Gasteiger charge is -2.10. The highest BCUT2D eigenvalue weighted by molar-refractivity contribution is 5.52. The van der Waals surface area contributed by atoms with Gasteiger partial charge in [0.2, 0.25) is 0 Å². The van der Waals surface area contributed by atoms with Crippen molar-refractivity contribution < 1.29 is 5.11 Å². The highest BCUT2D eigenvalue weighted by Gasteiger charge is 2.07. The minimum Gasteiger partial charge on any atom is -0.508 e. The van der Waals surface area contributed by atoms with Gasteiger partial charge in [0.25, 0.3) is 0 Å². The van der Waals surface area contributed by atoms with E-state index < -0.39 is 0 Å². The summed E-state index contributed by atoms with van der Waals surface area (Å²) in [7, 11) is 0. The monoisotopic (exact) mass is 220 g/mol. The molecule has 1 N–H and O–H groups in total. The van der Waals surface area contributed by atoms with Gasteiger partial charge in [0.15, 0.2) is 0 Å². The van der Waals surface area contributed by atoms with E-state index in [0.717, 1.165) is 29.5 Å². The van der Waals surface area contributed by atoms with Gasteiger partial charge in [-0.2, -0.15) is 0 Å². The molecule has 17 heavy (non-hydrogen) atoms. The normalized spacial score (nSPS) is 12.5. The van der Waals surface area contributed by atoms with Crippen molar-refractivity contribution in [1.29, 1.82) is 0 Å². The zero-order valence-electron chi connectivity index (χ0n) is 9.40. The van der Waals surface area contributed by atoms with Gasteiger partial charge in [0.05, 0.1) is 0 Å². The number of benzene rings is 2. The largest absolute Gasteiger partial charge is 0.508 e. The van der Waals surface area contributed by atoms with E-state index in [1.165, 1.54) is 5.56 Å². The van der Waals surface area contributed by atoms with Gasteiger partial charge >= 0.3 is 0 Å². The molecule has 0 aromatic heterocycles. The molecular weight excluding hydrogens is 208 g/mol. The van der Waals surface area contributed by atoms with E-state index in [1.807, 2.05) is 24.3 Å². The molecule has 1 heteroatoms. The second-order valence-corrected chi connectivity index (χ2v) is 4.25. The lowest BCUT2D eigenvalue weighted by molar-refractivity contribution is 0.474. The summed E-state index contributed by atoms with van der Waals surface area (Å²) in [6.45, 7) is 0. The molecule has 0 atom stereocenters. The molecule has 0 saturated carbocycles. The van der Waals surface area contributed by atoms with Crippen LogP contribution in [0.25, 0.3) is 0 Å². The van der Waals surface area contributed by atoms with Crippen molar-refractivity contribution in [3.05, 3.63) is 64.7 Å². The topological polar surface area (TPSA) is 20.2 Å². The Balaban J connectivity index is 2.14. The molecule has 0 spiro atoms. The third-order valence-electron chi connectivity index (χ3n) is 3.10. The van der Waals surface area contributed by atoms with Crippen LogP contribution in [0.3, 0.4) is 0 Å². The van der Waals surface area contributed by atoms with Crippen LogP contribution in [0.2, 0.25) is 0 Å². The number of fused-ring (bicyclic) bond motifs is 2. The molecule has 3 rings (SSSR count). The van der Waals surface area contributed by atoms with Gasteiger partial charge < -0.3 is 5.11 Å². The Morgan fingerprint density at radius 3 is 2.41 bits per heavy atom. The van der Waals surface area contributed by atoms with E-state index in [-0.39, 0.29) is 0 Å². The van der Waals surface area contributed by atoms with Crippen LogP contribution >= 0.6 is 0 Å². The molecule has 0 heterocycles. The number of phenolic OH excluding ortho intramolecular Hbond substituents is 1. The average molecular weight is 220 g/mol. The number of phenols is 1. The third-order valence-corrected chi connectivity index (χ3v) is 3.10. The summed E-state index contributed by atoms with van der Waals surface area (Å²) in [5.74, 6) is 6.72. The quantitative estimate of drug-likeness (QED) is 0.677. The van der Waals surface area contributed by atoms with E-state index in [1.54, 1.807) is 6.07 Å². The Kier molecular flexibility index (Phi) is 2.34. The molecule has 0 fully saturated rings. The van der Waals surface area contributed by atoms with E-state index in [9.17, 15) is 5.11 Å². The summed E-state index contributed by atoms with van der Waals surface area (Å²) in [4.78, 5) is 0. The van der Waals surface area contributed by atoms with E-state index in [4.69, 9.17) is 0 Å². The predicted molar refractivity (Wildman–Crippen MR) is 67.9 cm³/mol. The Morgan fingerprint density at radius 1 is 0.824 bits per heavy atom. The van der Waals surface area contributed by atoms with Crippen LogP contribution in [0, 0.1) is 11.8 Å². The van der Waals surface area contributed by atoms with Crippen LogP contribution in [-0.4, -0.2) is 5.11 Å². The van der Waals surface area contributed by atoms with Crippen LogP contribution < -0.4 is 0 Å². The molecule has 2 aromatic rings. The Hall–Kier alpha value is -2.20. The lowest BCUT2D eigenvalue weighted by Crippen LogP contribution is -1.99. The Morgan fingerprint density at radius 2 is 1.53 bits per heavy atom.